The summed E-state index contributed by atoms with van der Waals surface area (Å²) in [5, 5.41) is 6.20. The lowest BCUT2D eigenvalue weighted by molar-refractivity contribution is 0.0946. The normalized spacial score (nSPS) is 14.0. The minimum Gasteiger partial charge on any atom is -0.497 e. The Bertz CT molecular complexity index is 1020. The molecule has 2 N–H and O–H groups in total. The number of aromatic nitrogens is 2. The molecule has 0 unspecified atom stereocenters. The summed E-state index contributed by atoms with van der Waals surface area (Å²) in [4.78, 5) is 23.8. The highest BCUT2D eigenvalue weighted by atomic mass is 16.5. The fourth-order valence-electron chi connectivity index (χ4n) is 3.81. The first-order valence-electron chi connectivity index (χ1n) is 11.1. The largest absolute Gasteiger partial charge is 0.497 e. The maximum absolute atomic E-state index is 12.5. The summed E-state index contributed by atoms with van der Waals surface area (Å²) in [6.07, 6.45) is 7.37. The zero-order chi connectivity index (χ0) is 22.2. The molecule has 0 aliphatic carbocycles. The SMILES string of the molecule is COc1ccc(-c2cnc(Nc3cccc(C(=O)NCCN4CCCCC4)c3)nc2)cc1. The van der Waals surface area contributed by atoms with Gasteiger partial charge in [-0.1, -0.05) is 24.6 Å². The molecule has 2 aromatic carbocycles. The Morgan fingerprint density at radius 3 is 2.47 bits per heavy atom. The van der Waals surface area contributed by atoms with Gasteiger partial charge in [-0.2, -0.15) is 0 Å². The van der Waals surface area contributed by atoms with Gasteiger partial charge in [0.15, 0.2) is 0 Å². The van der Waals surface area contributed by atoms with Crippen LogP contribution < -0.4 is 15.4 Å². The van der Waals surface area contributed by atoms with Crippen LogP contribution in [0.25, 0.3) is 11.1 Å². The fourth-order valence-corrected chi connectivity index (χ4v) is 3.81. The minimum absolute atomic E-state index is 0.0681. The van der Waals surface area contributed by atoms with Crippen LogP contribution in [-0.4, -0.2) is 54.1 Å². The Labute approximate surface area is 188 Å². The summed E-state index contributed by atoms with van der Waals surface area (Å²) in [6, 6.07) is 15.1. The second-order valence-electron chi connectivity index (χ2n) is 7.89. The summed E-state index contributed by atoms with van der Waals surface area (Å²) in [7, 11) is 1.65. The zero-order valence-corrected chi connectivity index (χ0v) is 18.4. The highest BCUT2D eigenvalue weighted by molar-refractivity contribution is 5.95. The summed E-state index contributed by atoms with van der Waals surface area (Å²) in [6.45, 7) is 3.82. The molecule has 1 fully saturated rings. The first-order chi connectivity index (χ1) is 15.7. The van der Waals surface area contributed by atoms with E-state index in [0.717, 1.165) is 42.2 Å². The molecule has 1 amide bonds. The Balaban J connectivity index is 1.33. The van der Waals surface area contributed by atoms with Crippen LogP contribution in [0.2, 0.25) is 0 Å². The van der Waals surface area contributed by atoms with E-state index in [1.807, 2.05) is 48.5 Å². The fraction of sp³-hybridized carbons (Fsp3) is 0.320. The van der Waals surface area contributed by atoms with E-state index in [0.29, 0.717) is 18.1 Å². The van der Waals surface area contributed by atoms with Gasteiger partial charge in [0.25, 0.3) is 5.91 Å². The molecule has 7 heteroatoms. The summed E-state index contributed by atoms with van der Waals surface area (Å²) < 4.78 is 5.19. The van der Waals surface area contributed by atoms with Crippen molar-refractivity contribution in [3.8, 4) is 16.9 Å². The maximum Gasteiger partial charge on any atom is 0.251 e. The summed E-state index contributed by atoms with van der Waals surface area (Å²) in [5.41, 5.74) is 3.31. The summed E-state index contributed by atoms with van der Waals surface area (Å²) in [5.74, 6) is 1.22. The Morgan fingerprint density at radius 2 is 1.75 bits per heavy atom. The van der Waals surface area contributed by atoms with Crippen molar-refractivity contribution in [2.45, 2.75) is 19.3 Å². The third-order valence-corrected chi connectivity index (χ3v) is 5.62. The van der Waals surface area contributed by atoms with Gasteiger partial charge in [-0.05, 0) is 61.8 Å². The molecule has 1 aliphatic heterocycles. The molecular formula is C25H29N5O2. The number of nitrogens with one attached hydrogen (secondary N) is 2. The Morgan fingerprint density at radius 1 is 1.00 bits per heavy atom. The van der Waals surface area contributed by atoms with E-state index in [-0.39, 0.29) is 5.91 Å². The molecular weight excluding hydrogens is 402 g/mol. The summed E-state index contributed by atoms with van der Waals surface area (Å²) >= 11 is 0. The Kier molecular flexibility index (Phi) is 7.30. The number of benzene rings is 2. The molecule has 7 nitrogen and oxygen atoms in total. The highest BCUT2D eigenvalue weighted by Crippen LogP contribution is 2.22. The van der Waals surface area contributed by atoms with Crippen molar-refractivity contribution in [2.75, 3.05) is 38.6 Å². The van der Waals surface area contributed by atoms with Gasteiger partial charge in [-0.25, -0.2) is 9.97 Å². The number of rotatable bonds is 8. The second-order valence-corrected chi connectivity index (χ2v) is 7.89. The molecule has 3 aromatic rings. The molecule has 0 atom stereocenters. The quantitative estimate of drug-likeness (QED) is 0.559. The van der Waals surface area contributed by atoms with Crippen molar-refractivity contribution < 1.29 is 9.53 Å². The second kappa shape index (κ2) is 10.7. The van der Waals surface area contributed by atoms with Crippen molar-refractivity contribution in [3.63, 3.8) is 0 Å². The van der Waals surface area contributed by atoms with Crippen LogP contribution in [0.5, 0.6) is 5.75 Å². The van der Waals surface area contributed by atoms with Crippen LogP contribution in [0, 0.1) is 0 Å². The number of methoxy groups -OCH3 is 1. The maximum atomic E-state index is 12.5. The molecule has 0 saturated carbocycles. The van der Waals surface area contributed by atoms with E-state index < -0.39 is 0 Å². The Hall–Kier alpha value is -3.45. The van der Waals surface area contributed by atoms with E-state index in [4.69, 9.17) is 4.74 Å². The molecule has 166 valence electrons. The van der Waals surface area contributed by atoms with E-state index in [2.05, 4.69) is 25.5 Å². The van der Waals surface area contributed by atoms with Crippen molar-refractivity contribution in [2.24, 2.45) is 0 Å². The van der Waals surface area contributed by atoms with E-state index in [9.17, 15) is 4.79 Å². The molecule has 1 saturated heterocycles. The van der Waals surface area contributed by atoms with Gasteiger partial charge >= 0.3 is 0 Å². The van der Waals surface area contributed by atoms with E-state index in [1.165, 1.54) is 19.3 Å². The van der Waals surface area contributed by atoms with Crippen molar-refractivity contribution >= 4 is 17.5 Å². The number of hydrogen-bond acceptors (Lipinski definition) is 6. The van der Waals surface area contributed by atoms with Crippen LogP contribution in [0.4, 0.5) is 11.6 Å². The van der Waals surface area contributed by atoms with Crippen LogP contribution in [0.3, 0.4) is 0 Å². The lowest BCUT2D eigenvalue weighted by atomic mass is 10.1. The number of ether oxygens (including phenoxy) is 1. The van der Waals surface area contributed by atoms with Crippen LogP contribution >= 0.6 is 0 Å². The zero-order valence-electron chi connectivity index (χ0n) is 18.4. The average molecular weight is 432 g/mol. The number of amides is 1. The molecule has 2 heterocycles. The van der Waals surface area contributed by atoms with Crippen molar-refractivity contribution in [1.29, 1.82) is 0 Å². The number of likely N-dealkylation sites (tertiary alicyclic amines) is 1. The number of piperidine rings is 1. The van der Waals surface area contributed by atoms with Gasteiger partial charge in [0.05, 0.1) is 7.11 Å². The molecule has 32 heavy (non-hydrogen) atoms. The number of carbonyl (C=O) groups excluding carboxylic acids is 1. The molecule has 4 rings (SSSR count). The highest BCUT2D eigenvalue weighted by Gasteiger charge is 2.11. The predicted molar refractivity (Wildman–Crippen MR) is 126 cm³/mol. The third kappa shape index (κ3) is 5.82. The van der Waals surface area contributed by atoms with Gasteiger partial charge in [0.2, 0.25) is 5.95 Å². The number of carbonyl (C=O) groups is 1. The minimum atomic E-state index is -0.0681. The van der Waals surface area contributed by atoms with Gasteiger partial charge < -0.3 is 20.3 Å². The first-order valence-corrected chi connectivity index (χ1v) is 11.1. The molecule has 0 radical (unpaired) electrons. The average Bonchev–Trinajstić information content (AvgIpc) is 2.85. The first kappa shape index (κ1) is 21.8. The van der Waals surface area contributed by atoms with Gasteiger partial charge in [0.1, 0.15) is 5.75 Å². The number of hydrogen-bond donors (Lipinski definition) is 2. The third-order valence-electron chi connectivity index (χ3n) is 5.62. The number of nitrogens with zero attached hydrogens (tertiary/aromatic N) is 3. The van der Waals surface area contributed by atoms with Crippen molar-refractivity contribution in [3.05, 3.63) is 66.5 Å². The standard InChI is InChI=1S/C25H29N5O2/c1-32-23-10-8-19(9-11-23)21-17-27-25(28-18-21)29-22-7-5-6-20(16-22)24(31)26-12-15-30-13-3-2-4-14-30/h5-11,16-18H,2-4,12-15H2,1H3,(H,26,31)(H,27,28,29). The van der Waals surface area contributed by atoms with Crippen LogP contribution in [-0.2, 0) is 0 Å². The van der Waals surface area contributed by atoms with Gasteiger partial charge in [0, 0.05) is 42.3 Å². The van der Waals surface area contributed by atoms with Gasteiger partial charge in [-0.15, -0.1) is 0 Å². The molecule has 1 aromatic heterocycles. The van der Waals surface area contributed by atoms with Gasteiger partial charge in [-0.3, -0.25) is 4.79 Å². The van der Waals surface area contributed by atoms with E-state index >= 15 is 0 Å². The number of anilines is 2. The topological polar surface area (TPSA) is 79.4 Å². The lowest BCUT2D eigenvalue weighted by Gasteiger charge is -2.26. The molecule has 1 aliphatic rings. The smallest absolute Gasteiger partial charge is 0.251 e. The van der Waals surface area contributed by atoms with Crippen LogP contribution in [0.15, 0.2) is 60.9 Å². The molecule has 0 bridgehead atoms. The molecule has 0 spiro atoms. The van der Waals surface area contributed by atoms with E-state index in [1.54, 1.807) is 19.5 Å². The van der Waals surface area contributed by atoms with Crippen LogP contribution in [0.1, 0.15) is 29.6 Å². The van der Waals surface area contributed by atoms with Crippen molar-refractivity contribution in [1.82, 2.24) is 20.2 Å². The monoisotopic (exact) mass is 431 g/mol. The predicted octanol–water partition coefficient (Wildman–Crippen LogP) is 4.11. The lowest BCUT2D eigenvalue weighted by Crippen LogP contribution is -2.37.